The third-order valence-corrected chi connectivity index (χ3v) is 6.73. The van der Waals surface area contributed by atoms with Crippen LogP contribution in [-0.2, 0) is 10.0 Å². The Bertz CT molecular complexity index is 1420. The minimum absolute atomic E-state index is 0.278. The van der Waals surface area contributed by atoms with E-state index in [1.54, 1.807) is 37.3 Å². The molecule has 0 saturated carbocycles. The average molecular weight is 474 g/mol. The molecular weight excluding hydrogens is 446 g/mol. The number of nitrogens with one attached hydrogen (secondary N) is 3. The van der Waals surface area contributed by atoms with Gasteiger partial charge in [0.05, 0.1) is 4.90 Å². The van der Waals surface area contributed by atoms with E-state index in [-0.39, 0.29) is 4.90 Å². The lowest BCUT2D eigenvalue weighted by atomic mass is 10.2. The predicted octanol–water partition coefficient (Wildman–Crippen LogP) is 6.00. The Morgan fingerprint density at radius 1 is 0.618 bits per heavy atom. The van der Waals surface area contributed by atoms with Crippen LogP contribution < -0.4 is 15.4 Å². The molecule has 0 fully saturated rings. The number of rotatable bonds is 7. The lowest BCUT2D eigenvalue weighted by molar-refractivity contribution is 0.600. The van der Waals surface area contributed by atoms with Crippen molar-refractivity contribution in [3.8, 4) is 0 Å². The molecule has 7 nitrogen and oxygen atoms in total. The van der Waals surface area contributed by atoms with E-state index in [9.17, 15) is 8.42 Å². The predicted molar refractivity (Wildman–Crippen MR) is 138 cm³/mol. The quantitative estimate of drug-likeness (QED) is 0.305. The molecule has 3 N–H and O–H groups in total. The fourth-order valence-electron chi connectivity index (χ4n) is 3.46. The third-order valence-electron chi connectivity index (χ3n) is 5.20. The van der Waals surface area contributed by atoms with E-state index < -0.39 is 10.0 Å². The van der Waals surface area contributed by atoms with Crippen LogP contribution in [0.5, 0.6) is 0 Å². The van der Waals surface area contributed by atoms with Gasteiger partial charge in [-0.3, -0.25) is 4.72 Å². The molecule has 4 rings (SSSR count). The van der Waals surface area contributed by atoms with Gasteiger partial charge in [-0.25, -0.2) is 18.4 Å². The van der Waals surface area contributed by atoms with Gasteiger partial charge in [0.1, 0.15) is 17.5 Å². The largest absolute Gasteiger partial charge is 0.340 e. The van der Waals surface area contributed by atoms with Crippen molar-refractivity contribution in [2.24, 2.45) is 0 Å². The number of hydrogen-bond donors (Lipinski definition) is 3. The first kappa shape index (κ1) is 23.3. The van der Waals surface area contributed by atoms with Crippen molar-refractivity contribution in [3.05, 3.63) is 95.3 Å². The lowest BCUT2D eigenvalue weighted by Gasteiger charge is -2.13. The van der Waals surface area contributed by atoms with Crippen LogP contribution in [0.4, 0.5) is 28.7 Å². The monoisotopic (exact) mass is 473 g/mol. The lowest BCUT2D eigenvalue weighted by Crippen LogP contribution is -2.14. The van der Waals surface area contributed by atoms with Crippen LogP contribution >= 0.6 is 0 Å². The maximum atomic E-state index is 12.8. The number of aromatic nitrogens is 2. The van der Waals surface area contributed by atoms with Crippen LogP contribution in [0.1, 0.15) is 22.5 Å². The summed E-state index contributed by atoms with van der Waals surface area (Å²) in [5, 5.41) is 6.54. The molecule has 0 spiro atoms. The van der Waals surface area contributed by atoms with E-state index in [0.717, 1.165) is 16.9 Å². The zero-order valence-corrected chi connectivity index (χ0v) is 20.4. The highest BCUT2D eigenvalue weighted by molar-refractivity contribution is 7.92. The minimum atomic E-state index is -3.68. The van der Waals surface area contributed by atoms with Gasteiger partial charge in [0.2, 0.25) is 0 Å². The Hall–Kier alpha value is -3.91. The molecule has 0 saturated heterocycles. The zero-order valence-electron chi connectivity index (χ0n) is 19.5. The summed E-state index contributed by atoms with van der Waals surface area (Å²) in [6.45, 7) is 7.53. The van der Waals surface area contributed by atoms with Gasteiger partial charge in [-0.1, -0.05) is 29.8 Å². The number of nitrogens with zero attached hydrogens (tertiary/aromatic N) is 2. The highest BCUT2D eigenvalue weighted by Gasteiger charge is 2.17. The molecule has 0 unspecified atom stereocenters. The number of benzene rings is 3. The van der Waals surface area contributed by atoms with Crippen molar-refractivity contribution >= 4 is 38.7 Å². The van der Waals surface area contributed by atoms with E-state index >= 15 is 0 Å². The Morgan fingerprint density at radius 2 is 1.12 bits per heavy atom. The van der Waals surface area contributed by atoms with Gasteiger partial charge >= 0.3 is 0 Å². The summed E-state index contributed by atoms with van der Waals surface area (Å²) in [7, 11) is -3.68. The fraction of sp³-hybridized carbons (Fsp3) is 0.154. The van der Waals surface area contributed by atoms with Gasteiger partial charge < -0.3 is 10.6 Å². The van der Waals surface area contributed by atoms with E-state index in [0.29, 0.717) is 28.7 Å². The molecule has 1 aromatic heterocycles. The van der Waals surface area contributed by atoms with Crippen molar-refractivity contribution in [1.29, 1.82) is 0 Å². The fourth-order valence-corrected chi connectivity index (χ4v) is 4.85. The molecule has 3 aromatic carbocycles. The van der Waals surface area contributed by atoms with E-state index in [4.69, 9.17) is 0 Å². The molecular formula is C26H27N5O2S. The normalized spacial score (nSPS) is 11.2. The summed E-state index contributed by atoms with van der Waals surface area (Å²) in [6.07, 6.45) is 0. The second kappa shape index (κ2) is 9.52. The Kier molecular flexibility index (Phi) is 6.51. The third kappa shape index (κ3) is 5.71. The Balaban J connectivity index is 1.48. The molecule has 0 amide bonds. The van der Waals surface area contributed by atoms with Crippen LogP contribution in [0.2, 0.25) is 0 Å². The summed E-state index contributed by atoms with van der Waals surface area (Å²) < 4.78 is 28.3. The van der Waals surface area contributed by atoms with Crippen molar-refractivity contribution in [2.75, 3.05) is 15.4 Å². The maximum absolute atomic E-state index is 12.8. The molecule has 34 heavy (non-hydrogen) atoms. The molecule has 0 radical (unpaired) electrons. The molecule has 0 atom stereocenters. The van der Waals surface area contributed by atoms with Crippen molar-refractivity contribution in [2.45, 2.75) is 32.6 Å². The van der Waals surface area contributed by atoms with Gasteiger partial charge in [-0.15, -0.1) is 0 Å². The number of hydrogen-bond acceptors (Lipinski definition) is 6. The van der Waals surface area contributed by atoms with Crippen LogP contribution in [0, 0.1) is 27.7 Å². The molecule has 4 aromatic rings. The minimum Gasteiger partial charge on any atom is -0.340 e. The molecule has 174 valence electrons. The summed E-state index contributed by atoms with van der Waals surface area (Å²) in [6, 6.07) is 22.3. The molecule has 0 aliphatic rings. The average Bonchev–Trinajstić information content (AvgIpc) is 2.78. The summed E-state index contributed by atoms with van der Waals surface area (Å²) in [5.74, 6) is 1.93. The van der Waals surface area contributed by atoms with Gasteiger partial charge in [0.25, 0.3) is 10.0 Å². The molecule has 1 heterocycles. The first-order valence-electron chi connectivity index (χ1n) is 10.8. The van der Waals surface area contributed by atoms with Crippen LogP contribution in [0.15, 0.2) is 77.7 Å². The SMILES string of the molecule is Cc1ccc(Nc2cc(Nc3ccc(NS(=O)(=O)c4cc(C)ccc4C)cc3)nc(C)n2)cc1. The summed E-state index contributed by atoms with van der Waals surface area (Å²) in [5.41, 5.74) is 4.97. The molecule has 0 aliphatic carbocycles. The first-order chi connectivity index (χ1) is 16.2. The number of anilines is 5. The zero-order chi connectivity index (χ0) is 24.3. The summed E-state index contributed by atoms with van der Waals surface area (Å²) >= 11 is 0. The van der Waals surface area contributed by atoms with E-state index in [1.165, 1.54) is 5.56 Å². The molecule has 0 bridgehead atoms. The molecule has 8 heteroatoms. The summed E-state index contributed by atoms with van der Waals surface area (Å²) in [4.78, 5) is 9.18. The van der Waals surface area contributed by atoms with Crippen LogP contribution in [-0.4, -0.2) is 18.4 Å². The van der Waals surface area contributed by atoms with Gasteiger partial charge in [0, 0.05) is 23.1 Å². The van der Waals surface area contributed by atoms with Gasteiger partial charge in [-0.2, -0.15) is 0 Å². The van der Waals surface area contributed by atoms with Crippen LogP contribution in [0.25, 0.3) is 0 Å². The standard InChI is InChI=1S/C26H27N5O2S/c1-17-6-9-21(10-7-17)29-25-16-26(28-20(4)27-25)30-22-11-13-23(14-12-22)31-34(32,33)24-15-18(2)5-8-19(24)3/h5-16,31H,1-4H3,(H2,27,28,29,30). The van der Waals surface area contributed by atoms with Crippen molar-refractivity contribution in [3.63, 3.8) is 0 Å². The Morgan fingerprint density at radius 3 is 1.71 bits per heavy atom. The van der Waals surface area contributed by atoms with Gasteiger partial charge in [-0.05, 0) is 81.3 Å². The second-order valence-corrected chi connectivity index (χ2v) is 9.90. The van der Waals surface area contributed by atoms with E-state index in [1.807, 2.05) is 63.2 Å². The molecule has 0 aliphatic heterocycles. The number of aryl methyl sites for hydroxylation is 4. The van der Waals surface area contributed by atoms with E-state index in [2.05, 4.69) is 25.3 Å². The Labute approximate surface area is 200 Å². The first-order valence-corrected chi connectivity index (χ1v) is 12.3. The topological polar surface area (TPSA) is 96.0 Å². The van der Waals surface area contributed by atoms with Crippen molar-refractivity contribution < 1.29 is 8.42 Å². The van der Waals surface area contributed by atoms with Gasteiger partial charge in [0.15, 0.2) is 0 Å². The number of sulfonamides is 1. The smallest absolute Gasteiger partial charge is 0.262 e. The highest BCUT2D eigenvalue weighted by Crippen LogP contribution is 2.24. The highest BCUT2D eigenvalue weighted by atomic mass is 32.2. The van der Waals surface area contributed by atoms with Crippen LogP contribution in [0.3, 0.4) is 0 Å². The van der Waals surface area contributed by atoms with Crippen molar-refractivity contribution in [1.82, 2.24) is 9.97 Å². The maximum Gasteiger partial charge on any atom is 0.262 e. The second-order valence-electron chi connectivity index (χ2n) is 8.25.